The van der Waals surface area contributed by atoms with Crippen LogP contribution in [0.15, 0.2) is 46.0 Å². The van der Waals surface area contributed by atoms with Crippen LogP contribution in [0.25, 0.3) is 0 Å². The van der Waals surface area contributed by atoms with E-state index >= 15 is 0 Å². The molecule has 2 aromatic rings. The molecule has 1 aromatic heterocycles. The molecule has 0 unspecified atom stereocenters. The van der Waals surface area contributed by atoms with Crippen molar-refractivity contribution in [3.05, 3.63) is 51.7 Å². The molecular weight excluding hydrogens is 366 g/mol. The summed E-state index contributed by atoms with van der Waals surface area (Å²) in [5.41, 5.74) is 6.76. The molecule has 0 saturated heterocycles. The van der Waals surface area contributed by atoms with Gasteiger partial charge in [0.05, 0.1) is 9.37 Å². The van der Waals surface area contributed by atoms with E-state index in [1.807, 2.05) is 0 Å². The normalized spacial score (nSPS) is 11.5. The van der Waals surface area contributed by atoms with Crippen molar-refractivity contribution in [1.82, 2.24) is 9.71 Å². The summed E-state index contributed by atoms with van der Waals surface area (Å²) in [7, 11) is -3.72. The monoisotopic (exact) mass is 375 g/mol. The van der Waals surface area contributed by atoms with Crippen LogP contribution in [0.4, 0.5) is 5.69 Å². The number of nitrogens with zero attached hydrogens (tertiary/aromatic N) is 1. The fraction of sp³-hybridized carbons (Fsp3) is 0.0833. The molecule has 1 aromatic carbocycles. The third-order valence-electron chi connectivity index (χ3n) is 2.54. The summed E-state index contributed by atoms with van der Waals surface area (Å²) in [6, 6.07) is 6.28. The number of nitrogens with one attached hydrogen (secondary N) is 1. The maximum Gasteiger partial charge on any atom is 0.242 e. The van der Waals surface area contributed by atoms with Gasteiger partial charge in [0.1, 0.15) is 0 Å². The van der Waals surface area contributed by atoms with Gasteiger partial charge in [-0.2, -0.15) is 0 Å². The van der Waals surface area contributed by atoms with Crippen molar-refractivity contribution in [3.63, 3.8) is 0 Å². The highest BCUT2D eigenvalue weighted by Crippen LogP contribution is 2.31. The van der Waals surface area contributed by atoms with E-state index in [1.165, 1.54) is 12.1 Å². The van der Waals surface area contributed by atoms with Gasteiger partial charge in [0.15, 0.2) is 0 Å². The Morgan fingerprint density at radius 3 is 2.60 bits per heavy atom. The molecule has 0 spiro atoms. The van der Waals surface area contributed by atoms with Crippen molar-refractivity contribution in [2.24, 2.45) is 0 Å². The Morgan fingerprint density at radius 1 is 1.30 bits per heavy atom. The molecule has 0 aliphatic heterocycles. The molecule has 3 N–H and O–H groups in total. The minimum absolute atomic E-state index is 0.0107. The molecule has 0 fully saturated rings. The zero-order valence-electron chi connectivity index (χ0n) is 10.2. The first-order chi connectivity index (χ1) is 9.40. The minimum Gasteiger partial charge on any atom is -0.398 e. The number of aromatic nitrogens is 1. The number of halogens is 2. The van der Waals surface area contributed by atoms with Crippen LogP contribution in [0.5, 0.6) is 0 Å². The molecule has 0 aliphatic carbocycles. The summed E-state index contributed by atoms with van der Waals surface area (Å²) >= 11 is 9.01. The van der Waals surface area contributed by atoms with Crippen molar-refractivity contribution < 1.29 is 8.42 Å². The lowest BCUT2D eigenvalue weighted by Gasteiger charge is -2.10. The zero-order valence-corrected chi connectivity index (χ0v) is 13.3. The number of hydrogen-bond acceptors (Lipinski definition) is 4. The second-order valence-corrected chi connectivity index (χ2v) is 6.95. The summed E-state index contributed by atoms with van der Waals surface area (Å²) in [5, 5.41) is 0.259. The van der Waals surface area contributed by atoms with Crippen LogP contribution < -0.4 is 10.5 Å². The van der Waals surface area contributed by atoms with E-state index < -0.39 is 10.0 Å². The second-order valence-electron chi connectivity index (χ2n) is 3.99. The largest absolute Gasteiger partial charge is 0.398 e. The minimum atomic E-state index is -3.72. The van der Waals surface area contributed by atoms with Gasteiger partial charge in [0, 0.05) is 29.6 Å². The summed E-state index contributed by atoms with van der Waals surface area (Å²) in [6.07, 6.45) is 3.19. The van der Waals surface area contributed by atoms with Crippen molar-refractivity contribution in [2.45, 2.75) is 11.4 Å². The molecule has 0 aliphatic rings. The number of nitrogen functional groups attached to an aromatic ring is 1. The van der Waals surface area contributed by atoms with E-state index in [1.54, 1.807) is 24.5 Å². The van der Waals surface area contributed by atoms with E-state index in [2.05, 4.69) is 25.6 Å². The van der Waals surface area contributed by atoms with E-state index in [0.717, 1.165) is 5.56 Å². The Kier molecular flexibility index (Phi) is 4.64. The summed E-state index contributed by atoms with van der Waals surface area (Å²) in [6.45, 7) is 0.156. The van der Waals surface area contributed by atoms with E-state index in [-0.39, 0.29) is 22.2 Å². The molecule has 106 valence electrons. The highest BCUT2D eigenvalue weighted by Gasteiger charge is 2.19. The van der Waals surface area contributed by atoms with Crippen LogP contribution in [0.2, 0.25) is 5.02 Å². The van der Waals surface area contributed by atoms with Gasteiger partial charge in [0.2, 0.25) is 10.0 Å². The molecule has 8 heteroatoms. The highest BCUT2D eigenvalue weighted by atomic mass is 79.9. The highest BCUT2D eigenvalue weighted by molar-refractivity contribution is 9.10. The Hall–Kier alpha value is -1.15. The summed E-state index contributed by atoms with van der Waals surface area (Å²) in [4.78, 5) is 3.88. The lowest BCUT2D eigenvalue weighted by molar-refractivity contribution is 0.581. The maximum absolute atomic E-state index is 12.3. The summed E-state index contributed by atoms with van der Waals surface area (Å²) in [5.74, 6) is 0. The molecule has 0 radical (unpaired) electrons. The first-order valence-electron chi connectivity index (χ1n) is 5.53. The van der Waals surface area contributed by atoms with Crippen LogP contribution >= 0.6 is 27.5 Å². The first-order valence-corrected chi connectivity index (χ1v) is 8.18. The molecule has 0 bridgehead atoms. The topological polar surface area (TPSA) is 85.1 Å². The molecule has 1 heterocycles. The van der Waals surface area contributed by atoms with E-state index in [4.69, 9.17) is 17.3 Å². The predicted octanol–water partition coefficient (Wildman–Crippen LogP) is 2.56. The Morgan fingerprint density at radius 2 is 1.95 bits per heavy atom. The van der Waals surface area contributed by atoms with Crippen molar-refractivity contribution >= 4 is 43.2 Å². The van der Waals surface area contributed by atoms with Crippen molar-refractivity contribution in [2.75, 3.05) is 5.73 Å². The number of nitrogens with two attached hydrogens (primary N) is 1. The van der Waals surface area contributed by atoms with Crippen molar-refractivity contribution in [3.8, 4) is 0 Å². The molecular formula is C12H11BrClN3O2S. The quantitative estimate of drug-likeness (QED) is 0.803. The third-order valence-corrected chi connectivity index (χ3v) is 5.33. The first kappa shape index (κ1) is 15.2. The van der Waals surface area contributed by atoms with Gasteiger partial charge in [-0.3, -0.25) is 4.98 Å². The van der Waals surface area contributed by atoms with Gasteiger partial charge in [-0.15, -0.1) is 0 Å². The molecule has 0 saturated carbocycles. The lowest BCUT2D eigenvalue weighted by Crippen LogP contribution is -2.23. The molecule has 5 nitrogen and oxygen atoms in total. The van der Waals surface area contributed by atoms with Crippen LogP contribution in [-0.2, 0) is 16.6 Å². The van der Waals surface area contributed by atoms with Crippen LogP contribution in [0.3, 0.4) is 0 Å². The molecule has 0 amide bonds. The number of sulfonamides is 1. The molecule has 2 rings (SSSR count). The number of rotatable bonds is 4. The Bertz CT molecular complexity index is 723. The molecule has 20 heavy (non-hydrogen) atoms. The number of pyridine rings is 1. The Labute approximate surface area is 130 Å². The third kappa shape index (κ3) is 3.49. The van der Waals surface area contributed by atoms with Gasteiger partial charge >= 0.3 is 0 Å². The van der Waals surface area contributed by atoms with Gasteiger partial charge in [0.25, 0.3) is 0 Å². The average molecular weight is 377 g/mol. The van der Waals surface area contributed by atoms with Gasteiger partial charge in [-0.1, -0.05) is 11.6 Å². The zero-order chi connectivity index (χ0) is 14.8. The van der Waals surface area contributed by atoms with E-state index in [0.29, 0.717) is 4.47 Å². The predicted molar refractivity (Wildman–Crippen MR) is 81.8 cm³/mol. The maximum atomic E-state index is 12.3. The van der Waals surface area contributed by atoms with Crippen LogP contribution in [0.1, 0.15) is 5.56 Å². The second kappa shape index (κ2) is 6.09. The fourth-order valence-electron chi connectivity index (χ4n) is 1.54. The average Bonchev–Trinajstić information content (AvgIpc) is 2.42. The smallest absolute Gasteiger partial charge is 0.242 e. The number of hydrogen-bond donors (Lipinski definition) is 2. The SMILES string of the molecule is Nc1cc(Cl)cc(S(=O)(=O)NCc2ccncc2)c1Br. The molecule has 0 atom stereocenters. The van der Waals surface area contributed by atoms with Crippen LogP contribution in [-0.4, -0.2) is 13.4 Å². The van der Waals surface area contributed by atoms with Gasteiger partial charge in [-0.05, 0) is 45.8 Å². The number of benzene rings is 1. The van der Waals surface area contributed by atoms with Gasteiger partial charge in [-0.25, -0.2) is 13.1 Å². The number of anilines is 1. The lowest BCUT2D eigenvalue weighted by atomic mass is 10.3. The standard InChI is InChI=1S/C12H11BrClN3O2S/c13-12-10(15)5-9(14)6-11(12)20(18,19)17-7-8-1-3-16-4-2-8/h1-6,17H,7,15H2. The Balaban J connectivity index is 2.27. The summed E-state index contributed by atoms with van der Waals surface area (Å²) < 4.78 is 27.3. The fourth-order valence-corrected chi connectivity index (χ4v) is 3.84. The van der Waals surface area contributed by atoms with Gasteiger partial charge < -0.3 is 5.73 Å². The van der Waals surface area contributed by atoms with Crippen molar-refractivity contribution in [1.29, 1.82) is 0 Å². The van der Waals surface area contributed by atoms with E-state index in [9.17, 15) is 8.42 Å². The van der Waals surface area contributed by atoms with Crippen LogP contribution in [0, 0.1) is 0 Å².